The largest absolute Gasteiger partial charge is 0.507 e. The summed E-state index contributed by atoms with van der Waals surface area (Å²) in [5.41, 5.74) is -3.23. The number of carbonyl (C=O) groups excluding carboxylic acids is 4. The molecular weight excluding hydrogens is 626 g/mol. The van der Waals surface area contributed by atoms with Gasteiger partial charge in [0.15, 0.2) is 11.6 Å². The molecule has 2 heterocycles. The van der Waals surface area contributed by atoms with Crippen LogP contribution in [-0.2, 0) is 9.59 Å². The molecule has 9 atom stereocenters. The number of aromatic hydroxyl groups is 2. The first-order valence-electron chi connectivity index (χ1n) is 15.6. The van der Waals surface area contributed by atoms with Crippen LogP contribution in [0.5, 0.6) is 11.5 Å². The summed E-state index contributed by atoms with van der Waals surface area (Å²) < 4.78 is 0. The number of hydrogen-bond acceptors (Lipinski definition) is 12. The number of allylic oxidation sites excluding steroid dienone is 5. The highest BCUT2D eigenvalue weighted by atomic mass is 16.3. The molecule has 0 radical (unpaired) electrons. The van der Waals surface area contributed by atoms with Crippen LogP contribution in [0.1, 0.15) is 73.4 Å². The lowest BCUT2D eigenvalue weighted by Crippen LogP contribution is -2.47. The average molecular weight is 672 g/mol. The van der Waals surface area contributed by atoms with Gasteiger partial charge in [0.05, 0.1) is 59.3 Å². The minimum absolute atomic E-state index is 0.0931. The van der Waals surface area contributed by atoms with Gasteiger partial charge in [-0.05, 0) is 20.8 Å². The van der Waals surface area contributed by atoms with Crippen LogP contribution in [0.15, 0.2) is 41.1 Å². The second-order valence-corrected chi connectivity index (χ2v) is 12.9. The van der Waals surface area contributed by atoms with E-state index in [0.29, 0.717) is 0 Å². The molecule has 4 bridgehead atoms. The van der Waals surface area contributed by atoms with Gasteiger partial charge in [0.1, 0.15) is 17.3 Å². The number of ketones is 3. The molecule has 0 spiro atoms. The van der Waals surface area contributed by atoms with E-state index in [9.17, 15) is 60.0 Å². The quantitative estimate of drug-likeness (QED) is 0.207. The first kappa shape index (κ1) is 38.3. The van der Waals surface area contributed by atoms with Crippen LogP contribution in [0.3, 0.4) is 0 Å². The molecule has 1 aliphatic carbocycles. The fourth-order valence-corrected chi connectivity index (χ4v) is 6.17. The minimum atomic E-state index is -1.73. The fourth-order valence-electron chi connectivity index (χ4n) is 6.17. The number of Topliss-reactive ketones (excluding diaryl/α,β-unsaturated/α-hetero) is 2. The number of fused-ring (bicyclic) bond motifs is 15. The summed E-state index contributed by atoms with van der Waals surface area (Å²) in [4.78, 5) is 53.6. The van der Waals surface area contributed by atoms with Crippen molar-refractivity contribution in [3.8, 4) is 11.5 Å². The Morgan fingerprint density at radius 2 is 1.25 bits per heavy atom. The molecule has 0 fully saturated rings. The Morgan fingerprint density at radius 1 is 0.729 bits per heavy atom. The second kappa shape index (κ2) is 15.0. The number of nitrogens with one attached hydrogen (secondary N) is 1. The standard InChI is InChI=1S/C35H45NO12/c1-13-9-8-10-14(2)35(48)36-21-11-22(38)23-24(32(45)19(7)33(46)25(23)34(21)47)31(44)18(6)30(43)20(12-37)29(42)17(5)28(41)16(4)27(40)15(3)26(13)39/h8-11,13,15-17,20,26-29,37,39-42,44-46H,12H2,1-7H3,(H,36,48)/b9-8+,14-10-,31-18+/t13-,15+,16+,17-,20+,26-,27+,28-,29+/m0/s1. The number of amides is 1. The highest BCUT2D eigenvalue weighted by molar-refractivity contribution is 6.28. The van der Waals surface area contributed by atoms with Gasteiger partial charge in [-0.15, -0.1) is 0 Å². The van der Waals surface area contributed by atoms with Gasteiger partial charge in [0.2, 0.25) is 5.78 Å². The lowest BCUT2D eigenvalue weighted by molar-refractivity contribution is -0.130. The topological polar surface area (TPSA) is 242 Å². The summed E-state index contributed by atoms with van der Waals surface area (Å²) in [5.74, 6) is -11.5. The Bertz CT molecular complexity index is 1620. The van der Waals surface area contributed by atoms with E-state index in [4.69, 9.17) is 0 Å². The van der Waals surface area contributed by atoms with Crippen molar-refractivity contribution in [2.24, 2.45) is 29.6 Å². The van der Waals surface area contributed by atoms with Crippen LogP contribution >= 0.6 is 0 Å². The zero-order valence-corrected chi connectivity index (χ0v) is 27.9. The number of aliphatic hydroxyl groups excluding tert-OH is 6. The van der Waals surface area contributed by atoms with Gasteiger partial charge in [-0.1, -0.05) is 45.9 Å². The number of aliphatic hydroxyl groups is 6. The lowest BCUT2D eigenvalue weighted by atomic mass is 9.76. The highest BCUT2D eigenvalue weighted by Crippen LogP contribution is 2.44. The fraction of sp³-hybridized carbons (Fsp3) is 0.486. The molecule has 9 N–H and O–H groups in total. The van der Waals surface area contributed by atoms with Crippen molar-refractivity contribution in [2.45, 2.75) is 72.9 Å². The average Bonchev–Trinajstić information content (AvgIpc) is 3.06. The van der Waals surface area contributed by atoms with Gasteiger partial charge in [-0.25, -0.2) is 0 Å². The van der Waals surface area contributed by atoms with E-state index in [-0.39, 0.29) is 11.1 Å². The summed E-state index contributed by atoms with van der Waals surface area (Å²) >= 11 is 0. The van der Waals surface area contributed by atoms with E-state index in [2.05, 4.69) is 5.32 Å². The molecule has 48 heavy (non-hydrogen) atoms. The first-order valence-corrected chi connectivity index (χ1v) is 15.6. The van der Waals surface area contributed by atoms with Gasteiger partial charge in [0, 0.05) is 46.5 Å². The molecule has 1 amide bonds. The summed E-state index contributed by atoms with van der Waals surface area (Å²) in [6.07, 6.45) is -0.368. The van der Waals surface area contributed by atoms with Crippen LogP contribution in [0.2, 0.25) is 0 Å². The molecule has 3 aliphatic rings. The number of rotatable bonds is 1. The van der Waals surface area contributed by atoms with E-state index in [0.717, 1.165) is 13.0 Å². The van der Waals surface area contributed by atoms with Crippen LogP contribution in [-0.4, -0.2) is 95.1 Å². The highest BCUT2D eigenvalue weighted by Gasteiger charge is 2.42. The second-order valence-electron chi connectivity index (χ2n) is 12.9. The Morgan fingerprint density at radius 3 is 1.81 bits per heavy atom. The van der Waals surface area contributed by atoms with Crippen molar-refractivity contribution in [1.82, 2.24) is 5.32 Å². The smallest absolute Gasteiger partial charge is 0.251 e. The van der Waals surface area contributed by atoms with Crippen LogP contribution in [0.25, 0.3) is 5.76 Å². The Hall–Kier alpha value is -4.14. The normalized spacial score (nSPS) is 34.7. The molecule has 1 aromatic carbocycles. The Labute approximate surface area is 278 Å². The molecule has 2 aliphatic heterocycles. The predicted molar refractivity (Wildman–Crippen MR) is 174 cm³/mol. The van der Waals surface area contributed by atoms with Crippen molar-refractivity contribution in [2.75, 3.05) is 6.61 Å². The van der Waals surface area contributed by atoms with Gasteiger partial charge < -0.3 is 46.2 Å². The molecule has 13 nitrogen and oxygen atoms in total. The van der Waals surface area contributed by atoms with E-state index >= 15 is 0 Å². The molecule has 0 saturated carbocycles. The number of benzene rings is 1. The van der Waals surface area contributed by atoms with E-state index in [1.54, 1.807) is 19.9 Å². The molecule has 0 unspecified atom stereocenters. The van der Waals surface area contributed by atoms with E-state index in [1.807, 2.05) is 0 Å². The molecule has 262 valence electrons. The maximum atomic E-state index is 13.6. The number of hydrogen-bond donors (Lipinski definition) is 9. The number of phenols is 2. The van der Waals surface area contributed by atoms with Crippen molar-refractivity contribution >= 4 is 29.0 Å². The number of carbonyl (C=O) groups is 4. The SMILES string of the molecule is C/C1=C/C=C/[C@H](C)[C@H](O)[C@@H](C)[C@@H](O)[C@@H](C)[C@H](O)[C@H](C)[C@@H](O)[C@@H](CO)C(=O)/C(C)=C(/O)c2c(O)c(C)c(O)c3c2C(=O)C=C(NC1=O)C3=O. The molecule has 0 aromatic heterocycles. The van der Waals surface area contributed by atoms with E-state index in [1.165, 1.54) is 39.8 Å². The van der Waals surface area contributed by atoms with Gasteiger partial charge in [-0.2, -0.15) is 0 Å². The first-order chi connectivity index (χ1) is 22.3. The molecular formula is C35H45NO12. The monoisotopic (exact) mass is 671 g/mol. The van der Waals surface area contributed by atoms with Gasteiger partial charge in [-0.3, -0.25) is 19.2 Å². The van der Waals surface area contributed by atoms with Crippen molar-refractivity contribution in [3.05, 3.63) is 63.4 Å². The Kier molecular flexibility index (Phi) is 11.9. The minimum Gasteiger partial charge on any atom is -0.507 e. The maximum absolute atomic E-state index is 13.6. The molecule has 4 rings (SSSR count). The third-order valence-corrected chi connectivity index (χ3v) is 9.72. The summed E-state index contributed by atoms with van der Waals surface area (Å²) in [6, 6.07) is 0. The molecule has 0 saturated heterocycles. The summed E-state index contributed by atoms with van der Waals surface area (Å²) in [7, 11) is 0. The maximum Gasteiger partial charge on any atom is 0.251 e. The van der Waals surface area contributed by atoms with Crippen LogP contribution in [0, 0.1) is 36.5 Å². The number of phenolic OH excluding ortho intramolecular Hbond substituents is 2. The summed E-state index contributed by atoms with van der Waals surface area (Å²) in [6.45, 7) is 8.90. The van der Waals surface area contributed by atoms with Crippen LogP contribution < -0.4 is 5.32 Å². The van der Waals surface area contributed by atoms with E-state index < -0.39 is 129 Å². The van der Waals surface area contributed by atoms with Crippen molar-refractivity contribution < 1.29 is 60.0 Å². The Balaban J connectivity index is 2.27. The third-order valence-electron chi connectivity index (χ3n) is 9.72. The van der Waals surface area contributed by atoms with Crippen LogP contribution in [0.4, 0.5) is 0 Å². The third kappa shape index (κ3) is 7.01. The predicted octanol–water partition coefficient (Wildman–Crippen LogP) is 1.76. The van der Waals surface area contributed by atoms with Crippen molar-refractivity contribution in [1.29, 1.82) is 0 Å². The zero-order valence-electron chi connectivity index (χ0n) is 27.9. The lowest BCUT2D eigenvalue weighted by Gasteiger charge is -2.37. The van der Waals surface area contributed by atoms with Gasteiger partial charge in [0.25, 0.3) is 5.91 Å². The summed E-state index contributed by atoms with van der Waals surface area (Å²) in [5, 5.41) is 90.0. The van der Waals surface area contributed by atoms with Crippen molar-refractivity contribution in [3.63, 3.8) is 0 Å². The molecule has 13 heteroatoms. The van der Waals surface area contributed by atoms with Gasteiger partial charge >= 0.3 is 0 Å². The molecule has 1 aromatic rings. The zero-order chi connectivity index (χ0) is 36.5.